The highest BCUT2D eigenvalue weighted by molar-refractivity contribution is 5.91. The van der Waals surface area contributed by atoms with E-state index in [1.54, 1.807) is 18.6 Å². The van der Waals surface area contributed by atoms with E-state index in [-0.39, 0.29) is 6.61 Å². The van der Waals surface area contributed by atoms with Crippen LogP contribution in [0.5, 0.6) is 0 Å². The number of benzene rings is 1. The first-order chi connectivity index (χ1) is 13.2. The van der Waals surface area contributed by atoms with Crippen LogP contribution in [0.2, 0.25) is 0 Å². The topological polar surface area (TPSA) is 92.3 Å². The molecule has 3 aromatic rings. The third-order valence-electron chi connectivity index (χ3n) is 4.86. The number of urea groups is 1. The second-order valence-corrected chi connectivity index (χ2v) is 6.58. The summed E-state index contributed by atoms with van der Waals surface area (Å²) in [5.41, 5.74) is 11.1. The Morgan fingerprint density at radius 2 is 1.89 bits per heavy atom. The normalized spacial score (nSPS) is 13.3. The van der Waals surface area contributed by atoms with Gasteiger partial charge in [0.2, 0.25) is 0 Å². The van der Waals surface area contributed by atoms with Gasteiger partial charge in [0.05, 0.1) is 6.61 Å². The van der Waals surface area contributed by atoms with Crippen LogP contribution in [0.3, 0.4) is 0 Å². The number of aliphatic hydroxyl groups excluding tert-OH is 1. The van der Waals surface area contributed by atoms with Crippen molar-refractivity contribution in [2.24, 2.45) is 5.73 Å². The first-order valence-electron chi connectivity index (χ1n) is 8.88. The number of carbonyl (C=O) groups excluding carboxylic acids is 1. The fourth-order valence-corrected chi connectivity index (χ4v) is 3.52. The summed E-state index contributed by atoms with van der Waals surface area (Å²) >= 11 is 0. The minimum atomic E-state index is -0.472. The van der Waals surface area contributed by atoms with Gasteiger partial charge in [-0.2, -0.15) is 0 Å². The Morgan fingerprint density at radius 3 is 2.70 bits per heavy atom. The highest BCUT2D eigenvalue weighted by atomic mass is 16.3. The lowest BCUT2D eigenvalue weighted by atomic mass is 9.97. The third kappa shape index (κ3) is 3.27. The zero-order chi connectivity index (χ0) is 18.8. The molecule has 0 bridgehead atoms. The highest BCUT2D eigenvalue weighted by Crippen LogP contribution is 2.31. The van der Waals surface area contributed by atoms with Gasteiger partial charge >= 0.3 is 6.03 Å². The lowest BCUT2D eigenvalue weighted by Gasteiger charge is -2.26. The molecule has 1 aliphatic rings. The number of aromatic nitrogens is 2. The number of rotatable bonds is 3. The molecule has 1 aromatic carbocycles. The van der Waals surface area contributed by atoms with Gasteiger partial charge in [-0.15, -0.1) is 0 Å². The molecule has 6 heteroatoms. The van der Waals surface area contributed by atoms with E-state index in [0.29, 0.717) is 12.4 Å². The minimum absolute atomic E-state index is 0.0241. The molecule has 2 amide bonds. The van der Waals surface area contributed by atoms with Crippen LogP contribution in [0.25, 0.3) is 22.3 Å². The largest absolute Gasteiger partial charge is 0.392 e. The van der Waals surface area contributed by atoms with Crippen LogP contribution in [0.4, 0.5) is 10.6 Å². The monoisotopic (exact) mass is 360 g/mol. The number of nitrogens with zero attached hydrogens (tertiary/aromatic N) is 3. The first-order valence-corrected chi connectivity index (χ1v) is 8.88. The summed E-state index contributed by atoms with van der Waals surface area (Å²) < 4.78 is 0. The van der Waals surface area contributed by atoms with Crippen LogP contribution in [-0.2, 0) is 13.0 Å². The van der Waals surface area contributed by atoms with Gasteiger partial charge in [0.15, 0.2) is 0 Å². The lowest BCUT2D eigenvalue weighted by molar-refractivity contribution is 0.253. The van der Waals surface area contributed by atoms with Crippen LogP contribution in [-0.4, -0.2) is 27.7 Å². The van der Waals surface area contributed by atoms with E-state index >= 15 is 0 Å². The summed E-state index contributed by atoms with van der Waals surface area (Å²) in [5, 5.41) is 9.60. The van der Waals surface area contributed by atoms with Crippen molar-refractivity contribution < 1.29 is 9.90 Å². The molecule has 0 saturated heterocycles. The molecule has 4 rings (SSSR count). The standard InChI is InChI=1S/C21H20N4O2/c22-21(27)25-7-3-5-14-8-17(12-24-20(14)25)16-9-18(11-23-10-16)19-6-2-1-4-15(19)13-26/h1-2,4,6,8-12,26H,3,5,7,13H2,(H2,22,27). The predicted octanol–water partition coefficient (Wildman–Crippen LogP) is 3.13. The maximum Gasteiger partial charge on any atom is 0.320 e. The molecular weight excluding hydrogens is 340 g/mol. The van der Waals surface area contributed by atoms with Gasteiger partial charge in [0.25, 0.3) is 0 Å². The first kappa shape index (κ1) is 17.2. The van der Waals surface area contributed by atoms with Crippen molar-refractivity contribution in [2.45, 2.75) is 19.4 Å². The van der Waals surface area contributed by atoms with Crippen molar-refractivity contribution in [1.29, 1.82) is 0 Å². The number of hydrogen-bond donors (Lipinski definition) is 2. The number of aryl methyl sites for hydroxylation is 1. The molecule has 0 saturated carbocycles. The fraction of sp³-hybridized carbons (Fsp3) is 0.190. The Labute approximate surface area is 157 Å². The summed E-state index contributed by atoms with van der Waals surface area (Å²) in [5.74, 6) is 0.646. The van der Waals surface area contributed by atoms with Crippen molar-refractivity contribution in [3.8, 4) is 22.3 Å². The molecule has 3 heterocycles. The van der Waals surface area contributed by atoms with Crippen LogP contribution in [0.1, 0.15) is 17.5 Å². The molecule has 3 N–H and O–H groups in total. The lowest BCUT2D eigenvalue weighted by Crippen LogP contribution is -2.40. The number of nitrogens with two attached hydrogens (primary N) is 1. The van der Waals surface area contributed by atoms with Gasteiger partial charge in [-0.05, 0) is 41.7 Å². The Bertz CT molecular complexity index is 1000. The average Bonchev–Trinajstić information content (AvgIpc) is 2.72. The SMILES string of the molecule is NC(=O)N1CCCc2cc(-c3cncc(-c4ccccc4CO)c3)cnc21. The number of hydrogen-bond acceptors (Lipinski definition) is 4. The molecule has 6 nitrogen and oxygen atoms in total. The molecule has 0 unspecified atom stereocenters. The molecule has 27 heavy (non-hydrogen) atoms. The summed E-state index contributed by atoms with van der Waals surface area (Å²) in [7, 11) is 0. The molecule has 2 aromatic heterocycles. The Morgan fingerprint density at radius 1 is 1.11 bits per heavy atom. The quantitative estimate of drug-likeness (QED) is 0.750. The second kappa shape index (κ2) is 7.17. The minimum Gasteiger partial charge on any atom is -0.392 e. The van der Waals surface area contributed by atoms with E-state index in [1.807, 2.05) is 30.3 Å². The zero-order valence-electron chi connectivity index (χ0n) is 14.8. The molecule has 0 radical (unpaired) electrons. The zero-order valence-corrected chi connectivity index (χ0v) is 14.8. The molecule has 0 fully saturated rings. The van der Waals surface area contributed by atoms with Gasteiger partial charge in [-0.25, -0.2) is 9.78 Å². The summed E-state index contributed by atoms with van der Waals surface area (Å²) in [6.07, 6.45) is 7.06. The summed E-state index contributed by atoms with van der Waals surface area (Å²) in [6, 6.07) is 11.4. The van der Waals surface area contributed by atoms with Crippen molar-refractivity contribution in [2.75, 3.05) is 11.4 Å². The van der Waals surface area contributed by atoms with Gasteiger partial charge < -0.3 is 10.8 Å². The smallest absolute Gasteiger partial charge is 0.320 e. The molecule has 0 aliphatic carbocycles. The Balaban J connectivity index is 1.74. The van der Waals surface area contributed by atoms with Gasteiger partial charge in [-0.1, -0.05) is 24.3 Å². The number of anilines is 1. The summed E-state index contributed by atoms with van der Waals surface area (Å²) in [6.45, 7) is 0.577. The molecular formula is C21H20N4O2. The van der Waals surface area contributed by atoms with E-state index in [4.69, 9.17) is 5.73 Å². The number of pyridine rings is 2. The van der Waals surface area contributed by atoms with E-state index in [2.05, 4.69) is 16.0 Å². The number of amides is 2. The third-order valence-corrected chi connectivity index (χ3v) is 4.86. The molecule has 0 spiro atoms. The van der Waals surface area contributed by atoms with Crippen molar-refractivity contribution in [3.63, 3.8) is 0 Å². The Kier molecular flexibility index (Phi) is 4.56. The van der Waals surface area contributed by atoms with Gasteiger partial charge in [0, 0.05) is 41.8 Å². The van der Waals surface area contributed by atoms with E-state index in [1.165, 1.54) is 4.90 Å². The maximum atomic E-state index is 11.6. The molecule has 1 aliphatic heterocycles. The van der Waals surface area contributed by atoms with Crippen molar-refractivity contribution in [1.82, 2.24) is 9.97 Å². The second-order valence-electron chi connectivity index (χ2n) is 6.58. The fourth-order valence-electron chi connectivity index (χ4n) is 3.52. The predicted molar refractivity (Wildman–Crippen MR) is 104 cm³/mol. The number of carbonyl (C=O) groups is 1. The molecule has 136 valence electrons. The number of fused-ring (bicyclic) bond motifs is 1. The summed E-state index contributed by atoms with van der Waals surface area (Å²) in [4.78, 5) is 22.0. The van der Waals surface area contributed by atoms with Gasteiger partial charge in [-0.3, -0.25) is 9.88 Å². The number of primary amides is 1. The van der Waals surface area contributed by atoms with Crippen molar-refractivity contribution >= 4 is 11.8 Å². The van der Waals surface area contributed by atoms with E-state index in [9.17, 15) is 9.90 Å². The maximum absolute atomic E-state index is 11.6. The van der Waals surface area contributed by atoms with Crippen molar-refractivity contribution in [3.05, 3.63) is 66.1 Å². The number of aliphatic hydroxyl groups is 1. The molecule has 0 atom stereocenters. The van der Waals surface area contributed by atoms with Crippen LogP contribution in [0, 0.1) is 0 Å². The average molecular weight is 360 g/mol. The Hall–Kier alpha value is -3.25. The van der Waals surface area contributed by atoms with Crippen LogP contribution < -0.4 is 10.6 Å². The van der Waals surface area contributed by atoms with E-state index in [0.717, 1.165) is 46.2 Å². The van der Waals surface area contributed by atoms with Gasteiger partial charge in [0.1, 0.15) is 5.82 Å². The highest BCUT2D eigenvalue weighted by Gasteiger charge is 2.22. The van der Waals surface area contributed by atoms with Crippen LogP contribution in [0.15, 0.2) is 55.0 Å². The van der Waals surface area contributed by atoms with Crippen LogP contribution >= 0.6 is 0 Å². The van der Waals surface area contributed by atoms with E-state index < -0.39 is 6.03 Å².